The van der Waals surface area contributed by atoms with E-state index >= 15 is 0 Å². The Labute approximate surface area is 100 Å². The molecule has 2 N–H and O–H groups in total. The maximum absolute atomic E-state index is 11.0. The quantitative estimate of drug-likeness (QED) is 0.639. The van der Waals surface area contributed by atoms with Crippen LogP contribution in [0, 0.1) is 0 Å². The molecule has 1 aliphatic rings. The normalized spacial score (nSPS) is 30.8. The Hall–Kier alpha value is 1.26. The van der Waals surface area contributed by atoms with Crippen LogP contribution < -0.4 is 5.14 Å². The van der Waals surface area contributed by atoms with E-state index in [1.54, 1.807) is 11.8 Å². The molecule has 0 spiro atoms. The van der Waals surface area contributed by atoms with Gasteiger partial charge in [-0.25, -0.2) is 13.6 Å². The van der Waals surface area contributed by atoms with Crippen molar-refractivity contribution in [2.75, 3.05) is 5.75 Å². The number of sulfonamides is 1. The predicted octanol–water partition coefficient (Wildman–Crippen LogP) is 0.178. The molecule has 1 heterocycles. The van der Waals surface area contributed by atoms with Crippen LogP contribution in [0.5, 0.6) is 0 Å². The van der Waals surface area contributed by atoms with Gasteiger partial charge in [-0.05, 0) is 18.6 Å². The van der Waals surface area contributed by atoms with Crippen molar-refractivity contribution in [2.45, 2.75) is 30.3 Å². The van der Waals surface area contributed by atoms with E-state index in [1.165, 1.54) is 0 Å². The number of hydrogen-bond acceptors (Lipinski definition) is 3. The molecular weight excluding hydrogens is 205 g/mol. The smallest absolute Gasteiger partial charge is 0.213 e. The summed E-state index contributed by atoms with van der Waals surface area (Å²) in [5, 5.41) is 4.91. The summed E-state index contributed by atoms with van der Waals surface area (Å²) in [5.74, 6) is 1.06. The van der Waals surface area contributed by atoms with Gasteiger partial charge in [0.15, 0.2) is 0 Å². The van der Waals surface area contributed by atoms with E-state index < -0.39 is 10.0 Å². The van der Waals surface area contributed by atoms with Crippen molar-refractivity contribution >= 4 is 51.3 Å². The molecule has 6 heteroatoms. The summed E-state index contributed by atoms with van der Waals surface area (Å²) in [5.41, 5.74) is 0. The molecule has 0 aliphatic carbocycles. The van der Waals surface area contributed by atoms with Crippen molar-refractivity contribution < 1.29 is 8.42 Å². The molecule has 0 amide bonds. The Morgan fingerprint density at radius 1 is 1.50 bits per heavy atom. The van der Waals surface area contributed by atoms with Gasteiger partial charge in [0.1, 0.15) is 0 Å². The molecule has 0 aromatic carbocycles. The summed E-state index contributed by atoms with van der Waals surface area (Å²) in [4.78, 5) is 0. The van der Waals surface area contributed by atoms with Crippen molar-refractivity contribution in [3.05, 3.63) is 0 Å². The minimum atomic E-state index is -3.30. The van der Waals surface area contributed by atoms with Crippen molar-refractivity contribution in [3.8, 4) is 0 Å². The Morgan fingerprint density at radius 2 is 2.08 bits per heavy atom. The van der Waals surface area contributed by atoms with E-state index in [0.717, 1.165) is 18.6 Å². The second-order valence-corrected chi connectivity index (χ2v) is 6.11. The molecule has 1 saturated heterocycles. The summed E-state index contributed by atoms with van der Waals surface area (Å²) < 4.78 is 21.9. The first-order chi connectivity index (χ1) is 5.02. The Bertz CT molecular complexity index is 230. The zero-order valence-corrected chi connectivity index (χ0v) is 11.1. The van der Waals surface area contributed by atoms with E-state index in [4.69, 9.17) is 5.14 Å². The molecule has 1 fully saturated rings. The van der Waals surface area contributed by atoms with E-state index in [9.17, 15) is 8.42 Å². The van der Waals surface area contributed by atoms with Gasteiger partial charge in [-0.3, -0.25) is 0 Å². The van der Waals surface area contributed by atoms with Crippen LogP contribution in [0.25, 0.3) is 0 Å². The van der Waals surface area contributed by atoms with Crippen LogP contribution in [0.15, 0.2) is 0 Å². The third-order valence-electron chi connectivity index (χ3n) is 1.96. The first-order valence-electron chi connectivity index (χ1n) is 3.65. The Balaban J connectivity index is 0.00000121. The van der Waals surface area contributed by atoms with Crippen molar-refractivity contribution in [2.24, 2.45) is 5.14 Å². The molecule has 1 radical (unpaired) electrons. The monoisotopic (exact) mass is 218 g/mol. The molecule has 2 atom stereocenters. The second kappa shape index (κ2) is 5.22. The van der Waals surface area contributed by atoms with Crippen LogP contribution >= 0.6 is 11.8 Å². The molecule has 0 saturated carbocycles. The van der Waals surface area contributed by atoms with Gasteiger partial charge in [-0.15, -0.1) is 0 Å². The SMILES string of the molecule is CC1SCCCC1S(N)(=O)=O.[Na]. The molecule has 0 aromatic rings. The number of thioether (sulfide) groups is 1. The van der Waals surface area contributed by atoms with Gasteiger partial charge < -0.3 is 0 Å². The van der Waals surface area contributed by atoms with Crippen LogP contribution in [0.4, 0.5) is 0 Å². The molecule has 3 nitrogen and oxygen atoms in total. The average Bonchev–Trinajstić information content (AvgIpc) is 1.86. The van der Waals surface area contributed by atoms with Gasteiger partial charge in [0.25, 0.3) is 0 Å². The van der Waals surface area contributed by atoms with Crippen molar-refractivity contribution in [1.82, 2.24) is 0 Å². The molecule has 0 bridgehead atoms. The van der Waals surface area contributed by atoms with Crippen LogP contribution in [0.3, 0.4) is 0 Å². The van der Waals surface area contributed by atoms with Gasteiger partial charge in [-0.1, -0.05) is 6.92 Å². The van der Waals surface area contributed by atoms with Gasteiger partial charge in [0.05, 0.1) is 5.25 Å². The topological polar surface area (TPSA) is 60.2 Å². The molecule has 1 aliphatic heterocycles. The Morgan fingerprint density at radius 3 is 2.42 bits per heavy atom. The second-order valence-electron chi connectivity index (χ2n) is 2.85. The summed E-state index contributed by atoms with van der Waals surface area (Å²) in [6.45, 7) is 1.93. The molecular formula is C6H13NNaO2S2. The standard InChI is InChI=1S/C6H13NO2S2.Na/c1-5-6(11(7,8)9)3-2-4-10-5;/h5-6H,2-4H2,1H3,(H2,7,8,9);. The zero-order valence-electron chi connectivity index (χ0n) is 7.49. The minimum Gasteiger partial charge on any atom is -0.228 e. The number of nitrogens with two attached hydrogens (primary N) is 1. The van der Waals surface area contributed by atoms with Gasteiger partial charge in [0.2, 0.25) is 10.0 Å². The third-order valence-corrected chi connectivity index (χ3v) is 5.00. The predicted molar refractivity (Wildman–Crippen MR) is 53.8 cm³/mol. The van der Waals surface area contributed by atoms with Crippen LogP contribution in [-0.2, 0) is 10.0 Å². The van der Waals surface area contributed by atoms with Crippen molar-refractivity contribution in [3.63, 3.8) is 0 Å². The first-order valence-corrected chi connectivity index (χ1v) is 6.31. The van der Waals surface area contributed by atoms with Gasteiger partial charge in [0, 0.05) is 34.8 Å². The van der Waals surface area contributed by atoms with E-state index in [1.807, 2.05) is 6.92 Å². The molecule has 2 unspecified atom stereocenters. The van der Waals surface area contributed by atoms with E-state index in [-0.39, 0.29) is 40.1 Å². The molecule has 1 rings (SSSR count). The number of rotatable bonds is 1. The fraction of sp³-hybridized carbons (Fsp3) is 1.00. The van der Waals surface area contributed by atoms with Crippen LogP contribution in [-0.4, -0.2) is 54.2 Å². The fourth-order valence-electron chi connectivity index (χ4n) is 1.33. The maximum Gasteiger partial charge on any atom is 0.213 e. The van der Waals surface area contributed by atoms with Crippen LogP contribution in [0.2, 0.25) is 0 Å². The maximum atomic E-state index is 11.0. The molecule has 12 heavy (non-hydrogen) atoms. The largest absolute Gasteiger partial charge is 0.228 e. The third kappa shape index (κ3) is 3.55. The zero-order chi connectivity index (χ0) is 8.48. The van der Waals surface area contributed by atoms with Gasteiger partial charge >= 0.3 is 0 Å². The summed E-state index contributed by atoms with van der Waals surface area (Å²) in [6.07, 6.45) is 1.70. The van der Waals surface area contributed by atoms with Crippen LogP contribution in [0.1, 0.15) is 19.8 Å². The fourth-order valence-corrected chi connectivity index (χ4v) is 4.11. The first kappa shape index (κ1) is 13.3. The summed E-state index contributed by atoms with van der Waals surface area (Å²) in [6, 6.07) is 0. The number of hydrogen-bond donors (Lipinski definition) is 1. The summed E-state index contributed by atoms with van der Waals surface area (Å²) in [7, 11) is -3.30. The van der Waals surface area contributed by atoms with E-state index in [0.29, 0.717) is 0 Å². The van der Waals surface area contributed by atoms with Crippen molar-refractivity contribution in [1.29, 1.82) is 0 Å². The number of primary sulfonamides is 1. The minimum absolute atomic E-state index is 0. The van der Waals surface area contributed by atoms with E-state index in [2.05, 4.69) is 0 Å². The Kier molecular flexibility index (Phi) is 5.77. The molecule has 67 valence electrons. The average molecular weight is 218 g/mol. The molecule has 0 aromatic heterocycles. The van der Waals surface area contributed by atoms with Gasteiger partial charge in [-0.2, -0.15) is 11.8 Å². The summed E-state index contributed by atoms with van der Waals surface area (Å²) >= 11 is 1.69.